The maximum absolute atomic E-state index is 12.0. The number of rotatable bonds is 8. The maximum atomic E-state index is 12.0. The quantitative estimate of drug-likeness (QED) is 0.793. The lowest BCUT2D eigenvalue weighted by Gasteiger charge is -2.21. The van der Waals surface area contributed by atoms with Crippen LogP contribution in [0.3, 0.4) is 0 Å². The van der Waals surface area contributed by atoms with E-state index >= 15 is 0 Å². The zero-order chi connectivity index (χ0) is 18.1. The Morgan fingerprint density at radius 2 is 1.67 bits per heavy atom. The summed E-state index contributed by atoms with van der Waals surface area (Å²) in [6, 6.07) is 8.19. The van der Waals surface area contributed by atoms with E-state index in [1.54, 1.807) is 19.0 Å². The van der Waals surface area contributed by atoms with Gasteiger partial charge >= 0.3 is 6.09 Å². The lowest BCUT2D eigenvalue weighted by Crippen LogP contribution is -2.37. The van der Waals surface area contributed by atoms with Crippen LogP contribution in [-0.2, 0) is 16.1 Å². The Bertz CT molecular complexity index is 529. The average Bonchev–Trinajstić information content (AvgIpc) is 2.57. The summed E-state index contributed by atoms with van der Waals surface area (Å²) >= 11 is 0. The molecule has 0 aliphatic carbocycles. The molecule has 0 spiro atoms. The lowest BCUT2D eigenvalue weighted by molar-refractivity contribution is -0.129. The van der Waals surface area contributed by atoms with Crippen LogP contribution in [0.1, 0.15) is 32.8 Å². The highest BCUT2D eigenvalue weighted by Crippen LogP contribution is 2.12. The molecule has 1 N–H and O–H groups in total. The number of nitrogens with one attached hydrogen (secondary N) is 1. The molecule has 0 unspecified atom stereocenters. The van der Waals surface area contributed by atoms with Crippen molar-refractivity contribution in [3.05, 3.63) is 29.8 Å². The van der Waals surface area contributed by atoms with Crippen LogP contribution in [0.15, 0.2) is 24.3 Å². The molecule has 1 aromatic carbocycles. The molecular weight excluding hydrogens is 306 g/mol. The largest absolute Gasteiger partial charge is 0.445 e. The fourth-order valence-electron chi connectivity index (χ4n) is 2.07. The Balaban J connectivity index is 2.38. The number of ether oxygens (including phenoxy) is 1. The van der Waals surface area contributed by atoms with Crippen molar-refractivity contribution in [1.82, 2.24) is 9.80 Å². The van der Waals surface area contributed by atoms with Gasteiger partial charge in [-0.05, 0) is 31.5 Å². The minimum atomic E-state index is -0.392. The van der Waals surface area contributed by atoms with Crippen LogP contribution in [0.5, 0.6) is 0 Å². The Kier molecular flexibility index (Phi) is 8.09. The van der Waals surface area contributed by atoms with Gasteiger partial charge in [-0.3, -0.25) is 4.79 Å². The van der Waals surface area contributed by atoms with Gasteiger partial charge in [0, 0.05) is 45.3 Å². The summed E-state index contributed by atoms with van der Waals surface area (Å²) in [7, 11) is 3.40. The average molecular weight is 335 g/mol. The number of hydrogen-bond donors (Lipinski definition) is 1. The normalized spacial score (nSPS) is 10.4. The van der Waals surface area contributed by atoms with Gasteiger partial charge in [-0.15, -0.1) is 0 Å². The van der Waals surface area contributed by atoms with Crippen molar-refractivity contribution < 1.29 is 14.3 Å². The molecular formula is C18H29N3O3. The van der Waals surface area contributed by atoms with E-state index in [1.165, 1.54) is 4.90 Å². The summed E-state index contributed by atoms with van der Waals surface area (Å²) < 4.78 is 5.29. The first kappa shape index (κ1) is 19.8. The van der Waals surface area contributed by atoms with Crippen LogP contribution in [-0.4, -0.2) is 55.0 Å². The fraction of sp³-hybridized carbons (Fsp3) is 0.556. The standard InChI is InChI=1S/C18H29N3O3/c1-6-17(22)20(4)11-12-21(5)18(23)24-13-15-7-9-16(10-8-15)19-14(2)3/h7-10,14,19H,6,11-13H2,1-5H3. The van der Waals surface area contributed by atoms with Crippen molar-refractivity contribution >= 4 is 17.7 Å². The van der Waals surface area contributed by atoms with Crippen LogP contribution in [0.25, 0.3) is 0 Å². The molecule has 0 aromatic heterocycles. The third-order valence-corrected chi connectivity index (χ3v) is 3.58. The zero-order valence-electron chi connectivity index (χ0n) is 15.3. The highest BCUT2D eigenvalue weighted by atomic mass is 16.6. The first-order valence-electron chi connectivity index (χ1n) is 8.30. The number of hydrogen-bond acceptors (Lipinski definition) is 4. The molecule has 0 aliphatic rings. The van der Waals surface area contributed by atoms with Crippen molar-refractivity contribution in [3.8, 4) is 0 Å². The SMILES string of the molecule is CCC(=O)N(C)CCN(C)C(=O)OCc1ccc(NC(C)C)cc1. The van der Waals surface area contributed by atoms with Gasteiger partial charge in [-0.2, -0.15) is 0 Å². The summed E-state index contributed by atoms with van der Waals surface area (Å²) in [6.45, 7) is 7.15. The van der Waals surface area contributed by atoms with E-state index in [-0.39, 0.29) is 12.5 Å². The topological polar surface area (TPSA) is 61.9 Å². The number of likely N-dealkylation sites (N-methyl/N-ethyl adjacent to an activating group) is 2. The minimum Gasteiger partial charge on any atom is -0.445 e. The van der Waals surface area contributed by atoms with Gasteiger partial charge < -0.3 is 19.9 Å². The second kappa shape index (κ2) is 9.80. The highest BCUT2D eigenvalue weighted by molar-refractivity contribution is 5.75. The van der Waals surface area contributed by atoms with E-state index in [2.05, 4.69) is 19.2 Å². The van der Waals surface area contributed by atoms with E-state index in [4.69, 9.17) is 4.74 Å². The van der Waals surface area contributed by atoms with Gasteiger partial charge in [0.1, 0.15) is 6.61 Å². The Morgan fingerprint density at radius 1 is 1.08 bits per heavy atom. The van der Waals surface area contributed by atoms with Gasteiger partial charge in [0.2, 0.25) is 5.91 Å². The molecule has 134 valence electrons. The predicted octanol–water partition coefficient (Wildman–Crippen LogP) is 2.94. The first-order valence-corrected chi connectivity index (χ1v) is 8.30. The van der Waals surface area contributed by atoms with Crippen LogP contribution in [0.4, 0.5) is 10.5 Å². The van der Waals surface area contributed by atoms with Crippen molar-refractivity contribution in [1.29, 1.82) is 0 Å². The first-order chi connectivity index (χ1) is 11.3. The van der Waals surface area contributed by atoms with Crippen LogP contribution >= 0.6 is 0 Å². The van der Waals surface area contributed by atoms with E-state index in [0.717, 1.165) is 11.3 Å². The van der Waals surface area contributed by atoms with E-state index in [9.17, 15) is 9.59 Å². The van der Waals surface area contributed by atoms with Gasteiger partial charge in [0.05, 0.1) is 0 Å². The number of carbonyl (C=O) groups excluding carboxylic acids is 2. The molecule has 0 fully saturated rings. The number of benzene rings is 1. The number of carbonyl (C=O) groups is 2. The molecule has 1 aromatic rings. The van der Waals surface area contributed by atoms with Crippen molar-refractivity contribution in [3.63, 3.8) is 0 Å². The maximum Gasteiger partial charge on any atom is 0.409 e. The summed E-state index contributed by atoms with van der Waals surface area (Å²) in [4.78, 5) is 26.5. The monoisotopic (exact) mass is 335 g/mol. The van der Waals surface area contributed by atoms with Gasteiger partial charge in [0.25, 0.3) is 0 Å². The van der Waals surface area contributed by atoms with Crippen LogP contribution < -0.4 is 5.32 Å². The van der Waals surface area contributed by atoms with Crippen LogP contribution in [0.2, 0.25) is 0 Å². The molecule has 0 radical (unpaired) electrons. The highest BCUT2D eigenvalue weighted by Gasteiger charge is 2.12. The molecule has 0 saturated heterocycles. The summed E-state index contributed by atoms with van der Waals surface area (Å²) in [6.07, 6.45) is 0.0727. The molecule has 2 amide bonds. The molecule has 0 bridgehead atoms. The molecule has 0 heterocycles. The molecule has 1 rings (SSSR count). The molecule has 6 heteroatoms. The molecule has 6 nitrogen and oxygen atoms in total. The number of anilines is 1. The second-order valence-corrected chi connectivity index (χ2v) is 6.14. The lowest BCUT2D eigenvalue weighted by atomic mass is 10.2. The van der Waals surface area contributed by atoms with Gasteiger partial charge in [0.15, 0.2) is 0 Å². The summed E-state index contributed by atoms with van der Waals surface area (Å²) in [5.41, 5.74) is 1.98. The van der Waals surface area contributed by atoms with E-state index in [1.807, 2.05) is 31.2 Å². The molecule has 0 saturated carbocycles. The van der Waals surface area contributed by atoms with Crippen molar-refractivity contribution in [2.75, 3.05) is 32.5 Å². The fourth-order valence-corrected chi connectivity index (χ4v) is 2.07. The second-order valence-electron chi connectivity index (χ2n) is 6.14. The summed E-state index contributed by atoms with van der Waals surface area (Å²) in [5, 5.41) is 3.31. The Morgan fingerprint density at radius 3 is 2.21 bits per heavy atom. The van der Waals surface area contributed by atoms with E-state index < -0.39 is 6.09 Å². The Hall–Kier alpha value is -2.24. The van der Waals surface area contributed by atoms with Crippen molar-refractivity contribution in [2.45, 2.75) is 39.8 Å². The smallest absolute Gasteiger partial charge is 0.409 e. The number of nitrogens with zero attached hydrogens (tertiary/aromatic N) is 2. The minimum absolute atomic E-state index is 0.0619. The van der Waals surface area contributed by atoms with Crippen molar-refractivity contribution in [2.24, 2.45) is 0 Å². The predicted molar refractivity (Wildman–Crippen MR) is 95.9 cm³/mol. The van der Waals surface area contributed by atoms with Crippen LogP contribution in [0, 0.1) is 0 Å². The molecule has 0 atom stereocenters. The molecule has 24 heavy (non-hydrogen) atoms. The van der Waals surface area contributed by atoms with Gasteiger partial charge in [-0.25, -0.2) is 4.79 Å². The third-order valence-electron chi connectivity index (χ3n) is 3.58. The van der Waals surface area contributed by atoms with E-state index in [0.29, 0.717) is 25.6 Å². The zero-order valence-corrected chi connectivity index (χ0v) is 15.3. The summed E-state index contributed by atoms with van der Waals surface area (Å²) in [5.74, 6) is 0.0619. The Labute approximate surface area is 144 Å². The molecule has 0 aliphatic heterocycles. The number of amides is 2. The van der Waals surface area contributed by atoms with Gasteiger partial charge in [-0.1, -0.05) is 19.1 Å². The third kappa shape index (κ3) is 6.89.